The molecule has 0 spiro atoms. The van der Waals surface area contributed by atoms with E-state index >= 15 is 0 Å². The number of esters is 1. The number of unbranched alkanes of at least 4 members (excludes halogenated alkanes) is 3. The Morgan fingerprint density at radius 2 is 1.83 bits per heavy atom. The van der Waals surface area contributed by atoms with Crippen molar-refractivity contribution >= 4 is 41.8 Å². The number of hydrogen-bond donors (Lipinski definition) is 2. The van der Waals surface area contributed by atoms with E-state index < -0.39 is 5.60 Å². The minimum Gasteiger partial charge on any atom is -0.460 e. The van der Waals surface area contributed by atoms with Crippen molar-refractivity contribution in [2.75, 3.05) is 26.2 Å². The molecule has 1 unspecified atom stereocenters. The molecular weight excluding hydrogens is 483 g/mol. The van der Waals surface area contributed by atoms with Gasteiger partial charge in [0.25, 0.3) is 0 Å². The second kappa shape index (κ2) is 14.8. The van der Waals surface area contributed by atoms with Gasteiger partial charge in [-0.25, -0.2) is 0 Å². The van der Waals surface area contributed by atoms with Crippen molar-refractivity contribution in [2.45, 2.75) is 91.2 Å². The van der Waals surface area contributed by atoms with E-state index in [1.807, 2.05) is 32.6 Å². The van der Waals surface area contributed by atoms with Crippen molar-refractivity contribution in [3.63, 3.8) is 0 Å². The molecule has 1 aliphatic rings. The van der Waals surface area contributed by atoms with E-state index in [2.05, 4.69) is 22.5 Å². The lowest BCUT2D eigenvalue weighted by Crippen LogP contribution is -2.45. The molecule has 0 aromatic rings. The highest BCUT2D eigenvalue weighted by molar-refractivity contribution is 14.0. The lowest BCUT2D eigenvalue weighted by atomic mass is 10.1. The summed E-state index contributed by atoms with van der Waals surface area (Å²) >= 11 is 0. The fourth-order valence-corrected chi connectivity index (χ4v) is 3.16. The van der Waals surface area contributed by atoms with Crippen molar-refractivity contribution in [3.05, 3.63) is 0 Å². The number of carbonyl (C=O) groups excluding carboxylic acids is 2. The van der Waals surface area contributed by atoms with Gasteiger partial charge in [0.05, 0.1) is 0 Å². The van der Waals surface area contributed by atoms with Crippen LogP contribution in [0, 0.1) is 0 Å². The van der Waals surface area contributed by atoms with Gasteiger partial charge in [0.2, 0.25) is 5.91 Å². The molecule has 1 rings (SSSR count). The highest BCUT2D eigenvalue weighted by Crippen LogP contribution is 2.12. The maximum atomic E-state index is 11.8. The largest absolute Gasteiger partial charge is 0.460 e. The van der Waals surface area contributed by atoms with Gasteiger partial charge >= 0.3 is 5.97 Å². The molecule has 2 N–H and O–H groups in total. The zero-order chi connectivity index (χ0) is 21.0. The summed E-state index contributed by atoms with van der Waals surface area (Å²) in [6.07, 6.45) is 5.93. The number of nitrogens with zero attached hydrogens (tertiary/aromatic N) is 2. The highest BCUT2D eigenvalue weighted by Gasteiger charge is 2.25. The maximum Gasteiger partial charge on any atom is 0.306 e. The van der Waals surface area contributed by atoms with E-state index in [9.17, 15) is 9.59 Å². The molecule has 29 heavy (non-hydrogen) atoms. The maximum absolute atomic E-state index is 11.8. The summed E-state index contributed by atoms with van der Waals surface area (Å²) in [6, 6.07) is 0.266. The first kappa shape index (κ1) is 27.9. The average Bonchev–Trinajstić information content (AvgIpc) is 3.07. The van der Waals surface area contributed by atoms with Gasteiger partial charge in [-0.1, -0.05) is 19.8 Å². The van der Waals surface area contributed by atoms with E-state index in [1.165, 1.54) is 0 Å². The Hall–Kier alpha value is -1.06. The molecule has 0 aromatic carbocycles. The van der Waals surface area contributed by atoms with Crippen LogP contribution in [0.3, 0.4) is 0 Å². The Balaban J connectivity index is 0.00000784. The van der Waals surface area contributed by atoms with Crippen LogP contribution in [0.25, 0.3) is 0 Å². The van der Waals surface area contributed by atoms with E-state index in [0.717, 1.165) is 64.2 Å². The second-order valence-corrected chi connectivity index (χ2v) is 8.33. The molecule has 8 heteroatoms. The third kappa shape index (κ3) is 13.0. The molecule has 1 aliphatic heterocycles. The number of halogens is 1. The number of ether oxygens (including phenoxy) is 1. The first-order valence-corrected chi connectivity index (χ1v) is 10.8. The van der Waals surface area contributed by atoms with Gasteiger partial charge in [0.1, 0.15) is 5.60 Å². The Labute approximate surface area is 193 Å². The first-order chi connectivity index (χ1) is 13.2. The monoisotopic (exact) mass is 524 g/mol. The van der Waals surface area contributed by atoms with Gasteiger partial charge in [0, 0.05) is 45.1 Å². The lowest BCUT2D eigenvalue weighted by molar-refractivity contribution is -0.154. The van der Waals surface area contributed by atoms with Crippen LogP contribution in [0.15, 0.2) is 4.99 Å². The molecule has 0 radical (unpaired) electrons. The van der Waals surface area contributed by atoms with E-state index in [1.54, 1.807) is 0 Å². The zero-order valence-electron chi connectivity index (χ0n) is 18.9. The summed E-state index contributed by atoms with van der Waals surface area (Å²) in [5, 5.41) is 6.73. The molecular formula is C21H41IN4O3. The number of carbonyl (C=O) groups is 2. The van der Waals surface area contributed by atoms with Gasteiger partial charge in [-0.15, -0.1) is 24.0 Å². The molecule has 1 heterocycles. The number of nitrogens with one attached hydrogen (secondary N) is 2. The SMILES string of the molecule is CCNC(=NCCCCCCC(=O)OC(C)(C)C)NC1CCN(C(=O)CC)C1.I. The van der Waals surface area contributed by atoms with E-state index in [-0.39, 0.29) is 41.9 Å². The minimum atomic E-state index is -0.401. The van der Waals surface area contributed by atoms with Gasteiger partial charge in [0.15, 0.2) is 5.96 Å². The van der Waals surface area contributed by atoms with Crippen molar-refractivity contribution in [2.24, 2.45) is 4.99 Å². The summed E-state index contributed by atoms with van der Waals surface area (Å²) in [5.41, 5.74) is -0.401. The van der Waals surface area contributed by atoms with Crippen LogP contribution in [0.4, 0.5) is 0 Å². The molecule has 0 bridgehead atoms. The number of likely N-dealkylation sites (tertiary alicyclic amines) is 1. The number of rotatable bonds is 10. The van der Waals surface area contributed by atoms with Crippen LogP contribution in [0.1, 0.15) is 79.6 Å². The fourth-order valence-electron chi connectivity index (χ4n) is 3.16. The summed E-state index contributed by atoms with van der Waals surface area (Å²) in [4.78, 5) is 30.0. The zero-order valence-corrected chi connectivity index (χ0v) is 21.2. The van der Waals surface area contributed by atoms with Crippen molar-refractivity contribution in [1.82, 2.24) is 15.5 Å². The van der Waals surface area contributed by atoms with Crippen LogP contribution >= 0.6 is 24.0 Å². The lowest BCUT2D eigenvalue weighted by Gasteiger charge is -2.19. The second-order valence-electron chi connectivity index (χ2n) is 8.33. The smallest absolute Gasteiger partial charge is 0.306 e. The molecule has 0 aliphatic carbocycles. The number of aliphatic imine (C=N–C) groups is 1. The van der Waals surface area contributed by atoms with E-state index in [0.29, 0.717) is 12.8 Å². The van der Waals surface area contributed by atoms with Gasteiger partial charge in [-0.2, -0.15) is 0 Å². The molecule has 1 fully saturated rings. The Kier molecular flexibility index (Phi) is 14.3. The summed E-state index contributed by atoms with van der Waals surface area (Å²) in [7, 11) is 0. The summed E-state index contributed by atoms with van der Waals surface area (Å²) in [6.45, 7) is 12.8. The topological polar surface area (TPSA) is 83.0 Å². The fraction of sp³-hybridized carbons (Fsp3) is 0.857. The minimum absolute atomic E-state index is 0. The standard InChI is InChI=1S/C21H40N4O3.HI/c1-6-18(26)25-15-13-17(16-25)24-20(22-7-2)23-14-11-9-8-10-12-19(27)28-21(3,4)5;/h17H,6-16H2,1-5H3,(H2,22,23,24);1H. The Morgan fingerprint density at radius 1 is 1.14 bits per heavy atom. The highest BCUT2D eigenvalue weighted by atomic mass is 127. The Morgan fingerprint density at radius 3 is 2.45 bits per heavy atom. The third-order valence-electron chi connectivity index (χ3n) is 4.51. The number of amides is 1. The van der Waals surface area contributed by atoms with Crippen LogP contribution in [-0.4, -0.2) is 60.6 Å². The number of guanidine groups is 1. The molecule has 1 atom stereocenters. The normalized spacial score (nSPS) is 16.9. The number of hydrogen-bond acceptors (Lipinski definition) is 4. The van der Waals surface area contributed by atoms with E-state index in [4.69, 9.17) is 4.74 Å². The quantitative estimate of drug-likeness (QED) is 0.150. The predicted molar refractivity (Wildman–Crippen MR) is 129 cm³/mol. The van der Waals surface area contributed by atoms with Crippen molar-refractivity contribution < 1.29 is 14.3 Å². The van der Waals surface area contributed by atoms with Gasteiger partial charge in [-0.3, -0.25) is 14.6 Å². The van der Waals surface area contributed by atoms with Gasteiger partial charge < -0.3 is 20.3 Å². The molecule has 170 valence electrons. The van der Waals surface area contributed by atoms with Crippen LogP contribution in [0.2, 0.25) is 0 Å². The van der Waals surface area contributed by atoms with Crippen LogP contribution in [-0.2, 0) is 14.3 Å². The Bertz CT molecular complexity index is 521. The molecule has 0 aromatic heterocycles. The van der Waals surface area contributed by atoms with Crippen LogP contribution in [0.5, 0.6) is 0 Å². The molecule has 0 saturated carbocycles. The van der Waals surface area contributed by atoms with Gasteiger partial charge in [-0.05, 0) is 47.0 Å². The third-order valence-corrected chi connectivity index (χ3v) is 4.51. The molecule has 1 saturated heterocycles. The first-order valence-electron chi connectivity index (χ1n) is 10.8. The van der Waals surface area contributed by atoms with Crippen molar-refractivity contribution in [3.8, 4) is 0 Å². The molecule has 1 amide bonds. The van der Waals surface area contributed by atoms with Crippen molar-refractivity contribution in [1.29, 1.82) is 0 Å². The molecule has 7 nitrogen and oxygen atoms in total. The average molecular weight is 524 g/mol. The summed E-state index contributed by atoms with van der Waals surface area (Å²) in [5.74, 6) is 0.931. The van der Waals surface area contributed by atoms with Crippen LogP contribution < -0.4 is 10.6 Å². The predicted octanol–water partition coefficient (Wildman–Crippen LogP) is 3.46. The summed E-state index contributed by atoms with van der Waals surface area (Å²) < 4.78 is 5.31.